The standard InChI is InChI=1S/C23H28N6O5S/c1-6-10-33-22(32)18-13(2)25-23(35-18)27-21(31)17(29(4)5)12-24-20(30)16-9-7-8-15(11-16)19-26-14(3)34-28-19/h7-9,11,17H,6,10,12H2,1-5H3,(H,24,30)(H,25,27,31). The van der Waals surface area contributed by atoms with Gasteiger partial charge in [-0.15, -0.1) is 0 Å². The van der Waals surface area contributed by atoms with Crippen LogP contribution in [0.2, 0.25) is 0 Å². The summed E-state index contributed by atoms with van der Waals surface area (Å²) in [5.41, 5.74) is 1.52. The molecule has 1 aromatic carbocycles. The van der Waals surface area contributed by atoms with E-state index < -0.39 is 12.0 Å². The van der Waals surface area contributed by atoms with E-state index in [1.54, 1.807) is 57.1 Å². The molecule has 0 radical (unpaired) electrons. The van der Waals surface area contributed by atoms with Crippen molar-refractivity contribution >= 4 is 34.3 Å². The van der Waals surface area contributed by atoms with Crippen LogP contribution < -0.4 is 10.6 Å². The van der Waals surface area contributed by atoms with Gasteiger partial charge in [0.2, 0.25) is 17.6 Å². The van der Waals surface area contributed by atoms with Crippen molar-refractivity contribution in [3.8, 4) is 11.4 Å². The minimum atomic E-state index is -0.679. The second-order valence-electron chi connectivity index (χ2n) is 7.97. The van der Waals surface area contributed by atoms with Crippen molar-refractivity contribution in [3.05, 3.63) is 46.3 Å². The molecule has 3 aromatic rings. The van der Waals surface area contributed by atoms with Gasteiger partial charge in [-0.25, -0.2) is 9.78 Å². The van der Waals surface area contributed by atoms with E-state index in [2.05, 4.69) is 25.8 Å². The zero-order valence-electron chi connectivity index (χ0n) is 20.2. The van der Waals surface area contributed by atoms with Gasteiger partial charge in [0.1, 0.15) is 10.9 Å². The molecule has 0 fully saturated rings. The van der Waals surface area contributed by atoms with Crippen LogP contribution in [0.4, 0.5) is 5.13 Å². The van der Waals surface area contributed by atoms with Crippen LogP contribution in [0.25, 0.3) is 11.4 Å². The Balaban J connectivity index is 1.64. The number of nitrogens with zero attached hydrogens (tertiary/aromatic N) is 4. The minimum Gasteiger partial charge on any atom is -0.461 e. The van der Waals surface area contributed by atoms with Gasteiger partial charge in [-0.3, -0.25) is 14.5 Å². The molecule has 35 heavy (non-hydrogen) atoms. The molecule has 0 aliphatic rings. The van der Waals surface area contributed by atoms with E-state index in [4.69, 9.17) is 9.26 Å². The lowest BCUT2D eigenvalue weighted by molar-refractivity contribution is -0.120. The number of esters is 1. The predicted molar refractivity (Wildman–Crippen MR) is 130 cm³/mol. The van der Waals surface area contributed by atoms with Crippen LogP contribution >= 0.6 is 11.3 Å². The van der Waals surface area contributed by atoms with Gasteiger partial charge in [-0.05, 0) is 39.6 Å². The van der Waals surface area contributed by atoms with Crippen molar-refractivity contribution in [3.63, 3.8) is 0 Å². The number of carbonyl (C=O) groups excluding carboxylic acids is 3. The molecule has 3 rings (SSSR count). The van der Waals surface area contributed by atoms with Gasteiger partial charge in [0.15, 0.2) is 5.13 Å². The van der Waals surface area contributed by atoms with Crippen LogP contribution in [0.5, 0.6) is 0 Å². The van der Waals surface area contributed by atoms with E-state index in [0.29, 0.717) is 46.4 Å². The number of aryl methyl sites for hydroxylation is 2. The highest BCUT2D eigenvalue weighted by atomic mass is 32.1. The lowest BCUT2D eigenvalue weighted by Gasteiger charge is -2.23. The topological polar surface area (TPSA) is 140 Å². The number of anilines is 1. The lowest BCUT2D eigenvalue weighted by atomic mass is 10.1. The van der Waals surface area contributed by atoms with Crippen molar-refractivity contribution < 1.29 is 23.6 Å². The minimum absolute atomic E-state index is 0.0545. The number of rotatable bonds is 10. The van der Waals surface area contributed by atoms with E-state index in [1.165, 1.54) is 0 Å². The van der Waals surface area contributed by atoms with E-state index >= 15 is 0 Å². The van der Waals surface area contributed by atoms with E-state index in [1.807, 2.05) is 6.92 Å². The number of thiazole rings is 1. The lowest BCUT2D eigenvalue weighted by Crippen LogP contribution is -2.47. The van der Waals surface area contributed by atoms with E-state index in [0.717, 1.165) is 11.3 Å². The number of carbonyl (C=O) groups is 3. The fourth-order valence-corrected chi connectivity index (χ4v) is 3.97. The molecule has 0 saturated carbocycles. The van der Waals surface area contributed by atoms with Gasteiger partial charge in [0.25, 0.3) is 5.91 Å². The molecular weight excluding hydrogens is 472 g/mol. The summed E-state index contributed by atoms with van der Waals surface area (Å²) in [6.45, 7) is 5.65. The fourth-order valence-electron chi connectivity index (χ4n) is 3.11. The molecule has 1 atom stereocenters. The third-order valence-electron chi connectivity index (χ3n) is 4.94. The molecule has 12 heteroatoms. The van der Waals surface area contributed by atoms with Gasteiger partial charge in [-0.2, -0.15) is 4.98 Å². The molecule has 2 amide bonds. The van der Waals surface area contributed by atoms with Gasteiger partial charge in [0.05, 0.1) is 12.3 Å². The zero-order valence-corrected chi connectivity index (χ0v) is 21.1. The van der Waals surface area contributed by atoms with E-state index in [9.17, 15) is 14.4 Å². The Morgan fingerprint density at radius 1 is 1.20 bits per heavy atom. The second-order valence-corrected chi connectivity index (χ2v) is 8.97. The maximum atomic E-state index is 12.9. The van der Waals surface area contributed by atoms with Crippen molar-refractivity contribution in [2.75, 3.05) is 32.6 Å². The first-order chi connectivity index (χ1) is 16.7. The first-order valence-corrected chi connectivity index (χ1v) is 11.8. The van der Waals surface area contributed by atoms with Gasteiger partial charge < -0.3 is 19.9 Å². The van der Waals surface area contributed by atoms with Crippen molar-refractivity contribution in [2.24, 2.45) is 0 Å². The maximum absolute atomic E-state index is 12.9. The number of ether oxygens (including phenoxy) is 1. The molecule has 0 saturated heterocycles. The molecule has 0 spiro atoms. The Kier molecular flexibility index (Phi) is 8.66. The Morgan fingerprint density at radius 3 is 2.63 bits per heavy atom. The third kappa shape index (κ3) is 6.70. The number of likely N-dealkylation sites (N-methyl/N-ethyl adjacent to an activating group) is 1. The van der Waals surface area contributed by atoms with Crippen LogP contribution in [-0.4, -0.2) is 71.1 Å². The molecule has 2 aromatic heterocycles. The number of aromatic nitrogens is 3. The Morgan fingerprint density at radius 2 is 1.97 bits per heavy atom. The quantitative estimate of drug-likeness (QED) is 0.402. The molecule has 0 bridgehead atoms. The third-order valence-corrected chi connectivity index (χ3v) is 5.99. The summed E-state index contributed by atoms with van der Waals surface area (Å²) < 4.78 is 10.2. The predicted octanol–water partition coefficient (Wildman–Crippen LogP) is 2.68. The summed E-state index contributed by atoms with van der Waals surface area (Å²) in [6.07, 6.45) is 0.713. The van der Waals surface area contributed by atoms with Crippen LogP contribution in [0, 0.1) is 13.8 Å². The summed E-state index contributed by atoms with van der Waals surface area (Å²) in [5.74, 6) is -0.363. The van der Waals surface area contributed by atoms with E-state index in [-0.39, 0.29) is 23.5 Å². The molecule has 0 aliphatic carbocycles. The number of hydrogen-bond acceptors (Lipinski definition) is 10. The SMILES string of the molecule is CCCOC(=O)c1sc(NC(=O)C(CNC(=O)c2cccc(-c3noc(C)n3)c2)N(C)C)nc1C. The number of nitrogens with one attached hydrogen (secondary N) is 2. The van der Waals surface area contributed by atoms with Crippen LogP contribution in [0.3, 0.4) is 0 Å². The zero-order chi connectivity index (χ0) is 25.5. The van der Waals surface area contributed by atoms with Crippen LogP contribution in [0.1, 0.15) is 45.0 Å². The summed E-state index contributed by atoms with van der Waals surface area (Å²) >= 11 is 1.06. The highest BCUT2D eigenvalue weighted by molar-refractivity contribution is 7.17. The fraction of sp³-hybridized carbons (Fsp3) is 0.391. The highest BCUT2D eigenvalue weighted by Gasteiger charge is 2.25. The molecule has 1 unspecified atom stereocenters. The monoisotopic (exact) mass is 500 g/mol. The second kappa shape index (κ2) is 11.7. The summed E-state index contributed by atoms with van der Waals surface area (Å²) in [4.78, 5) is 48.3. The summed E-state index contributed by atoms with van der Waals surface area (Å²) in [7, 11) is 3.46. The molecular formula is C23H28N6O5S. The first-order valence-electron chi connectivity index (χ1n) is 11.0. The maximum Gasteiger partial charge on any atom is 0.350 e. The number of benzene rings is 1. The molecule has 0 aliphatic heterocycles. The number of amides is 2. The number of hydrogen-bond donors (Lipinski definition) is 2. The van der Waals surface area contributed by atoms with Crippen molar-refractivity contribution in [1.29, 1.82) is 0 Å². The van der Waals surface area contributed by atoms with Gasteiger partial charge in [-0.1, -0.05) is 35.5 Å². The summed E-state index contributed by atoms with van der Waals surface area (Å²) in [5, 5.41) is 9.68. The highest BCUT2D eigenvalue weighted by Crippen LogP contribution is 2.24. The molecule has 2 N–H and O–H groups in total. The Labute approximate surface area is 206 Å². The molecule has 186 valence electrons. The largest absolute Gasteiger partial charge is 0.461 e. The van der Waals surface area contributed by atoms with Gasteiger partial charge >= 0.3 is 5.97 Å². The smallest absolute Gasteiger partial charge is 0.350 e. The normalized spacial score (nSPS) is 11.8. The van der Waals surface area contributed by atoms with Crippen LogP contribution in [0.15, 0.2) is 28.8 Å². The molecule has 11 nitrogen and oxygen atoms in total. The van der Waals surface area contributed by atoms with Crippen LogP contribution in [-0.2, 0) is 9.53 Å². The van der Waals surface area contributed by atoms with Crippen molar-refractivity contribution in [1.82, 2.24) is 25.3 Å². The summed E-state index contributed by atoms with van der Waals surface area (Å²) in [6, 6.07) is 6.14. The average molecular weight is 501 g/mol. The van der Waals surface area contributed by atoms with Gasteiger partial charge in [0, 0.05) is 24.6 Å². The molecule has 2 heterocycles. The van der Waals surface area contributed by atoms with Crippen molar-refractivity contribution in [2.45, 2.75) is 33.2 Å². The first kappa shape index (κ1) is 26.0. The Hall–Kier alpha value is -3.64. The average Bonchev–Trinajstić information content (AvgIpc) is 3.42. The Bertz CT molecular complexity index is 1200.